The van der Waals surface area contributed by atoms with Crippen molar-refractivity contribution in [1.82, 2.24) is 9.80 Å². The van der Waals surface area contributed by atoms with Crippen molar-refractivity contribution >= 4 is 0 Å². The fourth-order valence-corrected chi connectivity index (χ4v) is 3.90. The van der Waals surface area contributed by atoms with Crippen LogP contribution in [0.5, 0.6) is 0 Å². The summed E-state index contributed by atoms with van der Waals surface area (Å²) in [4.78, 5) is 4.58. The molecule has 23 heavy (non-hydrogen) atoms. The van der Waals surface area contributed by atoms with Gasteiger partial charge in [0.25, 0.3) is 0 Å². The Morgan fingerprint density at radius 1 is 1.09 bits per heavy atom. The van der Waals surface area contributed by atoms with E-state index in [1.54, 1.807) is 0 Å². The average molecular weight is 324 g/mol. The van der Waals surface area contributed by atoms with E-state index in [4.69, 9.17) is 0 Å². The number of hydrogen-bond acceptors (Lipinski definition) is 3. The van der Waals surface area contributed by atoms with E-state index in [1.807, 2.05) is 0 Å². The molecule has 2 aliphatic heterocycles. The number of halogens is 2. The Hall–Kier alpha value is -1.04. The third-order valence-corrected chi connectivity index (χ3v) is 5.07. The summed E-state index contributed by atoms with van der Waals surface area (Å²) >= 11 is 0. The molecule has 0 aliphatic carbocycles. The van der Waals surface area contributed by atoms with Gasteiger partial charge in [0, 0.05) is 24.7 Å². The number of aliphatic hydroxyl groups is 1. The number of rotatable bonds is 5. The SMILES string of the molecule is O[C@@H]1C[C@@H](c2cc(F)ccc2F)N(CCCN2CCCCC2)C1. The van der Waals surface area contributed by atoms with Crippen LogP contribution >= 0.6 is 0 Å². The van der Waals surface area contributed by atoms with Crippen LogP contribution in [0.25, 0.3) is 0 Å². The lowest BCUT2D eigenvalue weighted by Crippen LogP contribution is -2.33. The van der Waals surface area contributed by atoms with Crippen LogP contribution in [0.4, 0.5) is 8.78 Å². The van der Waals surface area contributed by atoms with Crippen LogP contribution in [0, 0.1) is 11.6 Å². The van der Waals surface area contributed by atoms with Crippen molar-refractivity contribution in [3.63, 3.8) is 0 Å². The Kier molecular flexibility index (Phi) is 5.62. The normalized spacial score (nSPS) is 26.7. The zero-order chi connectivity index (χ0) is 16.2. The second-order valence-electron chi connectivity index (χ2n) is 6.82. The van der Waals surface area contributed by atoms with Gasteiger partial charge >= 0.3 is 0 Å². The van der Waals surface area contributed by atoms with Crippen molar-refractivity contribution in [2.75, 3.05) is 32.7 Å². The smallest absolute Gasteiger partial charge is 0.128 e. The molecule has 0 radical (unpaired) electrons. The number of hydrogen-bond donors (Lipinski definition) is 1. The number of piperidine rings is 1. The van der Waals surface area contributed by atoms with E-state index in [1.165, 1.54) is 44.5 Å². The van der Waals surface area contributed by atoms with E-state index < -0.39 is 11.9 Å². The highest BCUT2D eigenvalue weighted by Crippen LogP contribution is 2.34. The topological polar surface area (TPSA) is 26.7 Å². The summed E-state index contributed by atoms with van der Waals surface area (Å²) in [6.07, 6.45) is 4.90. The van der Waals surface area contributed by atoms with E-state index in [9.17, 15) is 13.9 Å². The highest BCUT2D eigenvalue weighted by molar-refractivity contribution is 5.23. The molecule has 1 aromatic rings. The molecule has 0 spiro atoms. The predicted octanol–water partition coefficient (Wildman–Crippen LogP) is 2.95. The molecule has 2 fully saturated rings. The number of nitrogens with zero attached hydrogens (tertiary/aromatic N) is 2. The Labute approximate surface area is 136 Å². The zero-order valence-corrected chi connectivity index (χ0v) is 13.6. The van der Waals surface area contributed by atoms with Gasteiger partial charge in [-0.25, -0.2) is 8.78 Å². The summed E-state index contributed by atoms with van der Waals surface area (Å²) in [5.74, 6) is -0.803. The van der Waals surface area contributed by atoms with Crippen LogP contribution in [0.2, 0.25) is 0 Å². The van der Waals surface area contributed by atoms with Crippen LogP contribution in [-0.2, 0) is 0 Å². The van der Waals surface area contributed by atoms with Gasteiger partial charge in [-0.2, -0.15) is 0 Å². The molecule has 2 heterocycles. The second-order valence-corrected chi connectivity index (χ2v) is 6.82. The summed E-state index contributed by atoms with van der Waals surface area (Å²) in [6, 6.07) is 3.38. The first-order chi connectivity index (χ1) is 11.1. The molecule has 0 unspecified atom stereocenters. The minimum absolute atomic E-state index is 0.220. The Morgan fingerprint density at radius 2 is 1.87 bits per heavy atom. The summed E-state index contributed by atoms with van der Waals surface area (Å²) in [7, 11) is 0. The van der Waals surface area contributed by atoms with Crippen molar-refractivity contribution in [1.29, 1.82) is 0 Å². The molecule has 128 valence electrons. The van der Waals surface area contributed by atoms with Crippen LogP contribution in [0.3, 0.4) is 0 Å². The molecule has 3 rings (SSSR count). The summed E-state index contributed by atoms with van der Waals surface area (Å²) in [5, 5.41) is 9.97. The fraction of sp³-hybridized carbons (Fsp3) is 0.667. The third kappa shape index (κ3) is 4.28. The highest BCUT2D eigenvalue weighted by Gasteiger charge is 2.33. The molecule has 1 N–H and O–H groups in total. The molecule has 0 amide bonds. The van der Waals surface area contributed by atoms with Gasteiger partial charge in [0.2, 0.25) is 0 Å². The Bertz CT molecular complexity index is 520. The van der Waals surface area contributed by atoms with Gasteiger partial charge in [-0.1, -0.05) is 6.42 Å². The number of likely N-dealkylation sites (tertiary alicyclic amines) is 2. The van der Waals surface area contributed by atoms with E-state index in [0.717, 1.165) is 25.6 Å². The largest absolute Gasteiger partial charge is 0.392 e. The van der Waals surface area contributed by atoms with Crippen molar-refractivity contribution in [2.45, 2.75) is 44.2 Å². The van der Waals surface area contributed by atoms with E-state index in [2.05, 4.69) is 9.80 Å². The van der Waals surface area contributed by atoms with Crippen LogP contribution in [0.1, 0.15) is 43.7 Å². The van der Waals surface area contributed by atoms with E-state index in [0.29, 0.717) is 18.5 Å². The fourth-order valence-electron chi connectivity index (χ4n) is 3.90. The molecular weight excluding hydrogens is 298 g/mol. The van der Waals surface area contributed by atoms with Crippen molar-refractivity contribution in [3.8, 4) is 0 Å². The first-order valence-electron chi connectivity index (χ1n) is 8.73. The van der Waals surface area contributed by atoms with Crippen LogP contribution in [0.15, 0.2) is 18.2 Å². The summed E-state index contributed by atoms with van der Waals surface area (Å²) < 4.78 is 27.5. The molecule has 2 saturated heterocycles. The highest BCUT2D eigenvalue weighted by atomic mass is 19.1. The first kappa shape index (κ1) is 16.8. The molecule has 0 aromatic heterocycles. The molecule has 0 bridgehead atoms. The Balaban J connectivity index is 1.59. The van der Waals surface area contributed by atoms with E-state index in [-0.39, 0.29) is 11.9 Å². The van der Waals surface area contributed by atoms with Crippen molar-refractivity contribution < 1.29 is 13.9 Å². The van der Waals surface area contributed by atoms with Crippen molar-refractivity contribution in [2.24, 2.45) is 0 Å². The average Bonchev–Trinajstić information content (AvgIpc) is 2.91. The number of benzene rings is 1. The first-order valence-corrected chi connectivity index (χ1v) is 8.73. The lowest BCUT2D eigenvalue weighted by atomic mass is 10.0. The second kappa shape index (κ2) is 7.69. The van der Waals surface area contributed by atoms with Gasteiger partial charge in [-0.15, -0.1) is 0 Å². The standard InChI is InChI=1S/C18H26F2N2O/c19-14-5-6-17(20)16(11-14)18-12-15(23)13-22(18)10-4-9-21-7-2-1-3-8-21/h5-6,11,15,18,23H,1-4,7-10,12-13H2/t15-,18+/m1/s1. The maximum Gasteiger partial charge on any atom is 0.128 e. The van der Waals surface area contributed by atoms with Crippen molar-refractivity contribution in [3.05, 3.63) is 35.4 Å². The minimum Gasteiger partial charge on any atom is -0.392 e. The molecule has 2 aliphatic rings. The third-order valence-electron chi connectivity index (χ3n) is 5.07. The zero-order valence-electron chi connectivity index (χ0n) is 13.6. The maximum atomic E-state index is 14.1. The van der Waals surface area contributed by atoms with Crippen LogP contribution in [-0.4, -0.2) is 53.7 Å². The molecular formula is C18H26F2N2O. The van der Waals surface area contributed by atoms with E-state index >= 15 is 0 Å². The van der Waals surface area contributed by atoms with Gasteiger partial charge in [-0.3, -0.25) is 4.90 Å². The lowest BCUT2D eigenvalue weighted by molar-refractivity contribution is 0.166. The van der Waals surface area contributed by atoms with Gasteiger partial charge in [0.15, 0.2) is 0 Å². The maximum absolute atomic E-state index is 14.1. The van der Waals surface area contributed by atoms with Gasteiger partial charge in [-0.05, 0) is 63.5 Å². The molecule has 0 saturated carbocycles. The molecule has 3 nitrogen and oxygen atoms in total. The quantitative estimate of drug-likeness (QED) is 0.902. The summed E-state index contributed by atoms with van der Waals surface area (Å²) in [5.41, 5.74) is 0.375. The predicted molar refractivity (Wildman–Crippen MR) is 86.2 cm³/mol. The van der Waals surface area contributed by atoms with Gasteiger partial charge in [0.05, 0.1) is 6.10 Å². The molecule has 1 aromatic carbocycles. The van der Waals surface area contributed by atoms with Gasteiger partial charge in [0.1, 0.15) is 11.6 Å². The summed E-state index contributed by atoms with van der Waals surface area (Å²) in [6.45, 7) is 4.74. The molecule has 5 heteroatoms. The minimum atomic E-state index is -0.461. The Morgan fingerprint density at radius 3 is 2.65 bits per heavy atom. The molecule has 2 atom stereocenters. The van der Waals surface area contributed by atoms with Crippen LogP contribution < -0.4 is 0 Å². The number of β-amino-alcohol motifs (C(OH)–C–C–N with tert-alkyl or cyclic N) is 1. The lowest BCUT2D eigenvalue weighted by Gasteiger charge is -2.29. The number of aliphatic hydroxyl groups excluding tert-OH is 1. The monoisotopic (exact) mass is 324 g/mol. The van der Waals surface area contributed by atoms with Gasteiger partial charge < -0.3 is 10.0 Å².